The molecule has 114 valence electrons. The molecule has 0 heterocycles. The predicted octanol–water partition coefficient (Wildman–Crippen LogP) is 2.13. The van der Waals surface area contributed by atoms with E-state index in [1.54, 1.807) is 25.1 Å². The highest BCUT2D eigenvalue weighted by Gasteiger charge is 2.24. The van der Waals surface area contributed by atoms with Crippen molar-refractivity contribution in [2.45, 2.75) is 26.4 Å². The summed E-state index contributed by atoms with van der Waals surface area (Å²) in [6.45, 7) is 5.47. The average Bonchev–Trinajstić information content (AvgIpc) is 2.43. The largest absolute Gasteiger partial charge is 0.388 e. The first-order valence-electron chi connectivity index (χ1n) is 6.66. The summed E-state index contributed by atoms with van der Waals surface area (Å²) in [4.78, 5) is 22.0. The highest BCUT2D eigenvalue weighted by atomic mass is 16.6. The molecule has 1 aromatic rings. The lowest BCUT2D eigenvalue weighted by Crippen LogP contribution is -2.43. The molecular formula is C15H20N2O4. The lowest BCUT2D eigenvalue weighted by atomic mass is 9.92. The number of carbonyl (C=O) groups excluding carboxylic acids is 1. The molecule has 2 N–H and O–H groups in total. The smallest absolute Gasteiger partial charge is 0.276 e. The van der Waals surface area contributed by atoms with Crippen molar-refractivity contribution in [1.82, 2.24) is 5.32 Å². The van der Waals surface area contributed by atoms with Crippen LogP contribution in [-0.2, 0) is 4.79 Å². The first kappa shape index (κ1) is 16.8. The number of rotatable bonds is 6. The quantitative estimate of drug-likeness (QED) is 0.477. The molecule has 1 aromatic carbocycles. The van der Waals surface area contributed by atoms with Crippen molar-refractivity contribution >= 4 is 17.7 Å². The van der Waals surface area contributed by atoms with Crippen LogP contribution in [0, 0.1) is 16.0 Å². The van der Waals surface area contributed by atoms with Gasteiger partial charge in [0.15, 0.2) is 0 Å². The minimum absolute atomic E-state index is 0.00279. The zero-order valence-corrected chi connectivity index (χ0v) is 12.4. The van der Waals surface area contributed by atoms with Crippen LogP contribution in [0.25, 0.3) is 6.08 Å². The molecule has 0 radical (unpaired) electrons. The maximum absolute atomic E-state index is 11.7. The van der Waals surface area contributed by atoms with Crippen LogP contribution in [0.4, 0.5) is 5.69 Å². The second-order valence-corrected chi connectivity index (χ2v) is 5.38. The van der Waals surface area contributed by atoms with Crippen LogP contribution >= 0.6 is 0 Å². The number of hydrogen-bond donors (Lipinski definition) is 2. The number of hydrogen-bond acceptors (Lipinski definition) is 4. The molecular weight excluding hydrogens is 272 g/mol. The maximum atomic E-state index is 11.7. The van der Waals surface area contributed by atoms with Gasteiger partial charge in [-0.05, 0) is 25.0 Å². The summed E-state index contributed by atoms with van der Waals surface area (Å²) in [6.07, 6.45) is 2.61. The predicted molar refractivity (Wildman–Crippen MR) is 80.6 cm³/mol. The van der Waals surface area contributed by atoms with Crippen molar-refractivity contribution in [3.63, 3.8) is 0 Å². The van der Waals surface area contributed by atoms with Gasteiger partial charge >= 0.3 is 0 Å². The number of nitrogens with zero attached hydrogens (tertiary/aromatic N) is 1. The minimum Gasteiger partial charge on any atom is -0.388 e. The summed E-state index contributed by atoms with van der Waals surface area (Å²) in [5.74, 6) is -0.411. The lowest BCUT2D eigenvalue weighted by molar-refractivity contribution is -0.385. The third kappa shape index (κ3) is 5.00. The normalized spacial score (nSPS) is 14.1. The first-order valence-corrected chi connectivity index (χ1v) is 6.66. The SMILES string of the molecule is CC(C)[C@@](C)(O)CNC(=O)/C=C/c1ccccc1[N+](=O)[O-]. The number of aliphatic hydroxyl groups is 1. The highest BCUT2D eigenvalue weighted by Crippen LogP contribution is 2.19. The Balaban J connectivity index is 2.70. The maximum Gasteiger partial charge on any atom is 0.276 e. The van der Waals surface area contributed by atoms with Crippen LogP contribution in [-0.4, -0.2) is 28.1 Å². The fraction of sp³-hybridized carbons (Fsp3) is 0.400. The van der Waals surface area contributed by atoms with E-state index < -0.39 is 16.4 Å². The van der Waals surface area contributed by atoms with Gasteiger partial charge in [0.1, 0.15) is 0 Å². The van der Waals surface area contributed by atoms with E-state index in [0.717, 1.165) is 0 Å². The van der Waals surface area contributed by atoms with Gasteiger partial charge < -0.3 is 10.4 Å². The summed E-state index contributed by atoms with van der Waals surface area (Å²) >= 11 is 0. The van der Waals surface area contributed by atoms with Crippen LogP contribution in [0.3, 0.4) is 0 Å². The van der Waals surface area contributed by atoms with E-state index in [1.807, 2.05) is 13.8 Å². The Labute approximate surface area is 123 Å². The standard InChI is InChI=1S/C15H20N2O4/c1-11(2)15(3,19)10-16-14(18)9-8-12-6-4-5-7-13(12)17(20)21/h4-9,11,19H,10H2,1-3H3,(H,16,18)/b9-8+/t15-/m0/s1. The lowest BCUT2D eigenvalue weighted by Gasteiger charge is -2.27. The van der Waals surface area contributed by atoms with E-state index in [1.165, 1.54) is 18.2 Å². The third-order valence-electron chi connectivity index (χ3n) is 3.41. The molecule has 0 aliphatic carbocycles. The van der Waals surface area contributed by atoms with Gasteiger partial charge in [-0.1, -0.05) is 26.0 Å². The van der Waals surface area contributed by atoms with Gasteiger partial charge in [-0.2, -0.15) is 0 Å². The van der Waals surface area contributed by atoms with Crippen LogP contribution in [0.1, 0.15) is 26.3 Å². The van der Waals surface area contributed by atoms with E-state index in [-0.39, 0.29) is 18.2 Å². The molecule has 6 nitrogen and oxygen atoms in total. The number of para-hydroxylation sites is 1. The molecule has 0 saturated carbocycles. The Hall–Kier alpha value is -2.21. The number of benzene rings is 1. The molecule has 0 fully saturated rings. The molecule has 0 unspecified atom stereocenters. The Morgan fingerprint density at radius 3 is 2.67 bits per heavy atom. The van der Waals surface area contributed by atoms with E-state index in [4.69, 9.17) is 0 Å². The molecule has 6 heteroatoms. The molecule has 0 aliphatic rings. The average molecular weight is 292 g/mol. The van der Waals surface area contributed by atoms with E-state index >= 15 is 0 Å². The van der Waals surface area contributed by atoms with Gasteiger partial charge in [0.05, 0.1) is 16.1 Å². The Kier molecular flexibility index (Phi) is 5.60. The second kappa shape index (κ2) is 6.99. The van der Waals surface area contributed by atoms with Crippen molar-refractivity contribution in [2.24, 2.45) is 5.92 Å². The number of carbonyl (C=O) groups is 1. The first-order chi connectivity index (χ1) is 9.74. The molecule has 0 spiro atoms. The van der Waals surface area contributed by atoms with Gasteiger partial charge in [-0.3, -0.25) is 14.9 Å². The minimum atomic E-state index is -0.998. The van der Waals surface area contributed by atoms with Crippen LogP contribution in [0.2, 0.25) is 0 Å². The number of nitrogens with one attached hydrogen (secondary N) is 1. The summed E-state index contributed by atoms with van der Waals surface area (Å²) in [6, 6.07) is 6.16. The monoisotopic (exact) mass is 292 g/mol. The van der Waals surface area contributed by atoms with Crippen molar-refractivity contribution in [3.8, 4) is 0 Å². The van der Waals surface area contributed by atoms with Crippen LogP contribution in [0.5, 0.6) is 0 Å². The van der Waals surface area contributed by atoms with Crippen molar-refractivity contribution in [3.05, 3.63) is 46.0 Å². The Bertz CT molecular complexity index is 550. The topological polar surface area (TPSA) is 92.5 Å². The van der Waals surface area contributed by atoms with Gasteiger partial charge in [-0.15, -0.1) is 0 Å². The van der Waals surface area contributed by atoms with E-state index in [0.29, 0.717) is 5.56 Å². The van der Waals surface area contributed by atoms with Gasteiger partial charge in [0, 0.05) is 18.7 Å². The molecule has 1 atom stereocenters. The molecule has 21 heavy (non-hydrogen) atoms. The number of nitro groups is 1. The summed E-state index contributed by atoms with van der Waals surface area (Å²) in [5, 5.41) is 23.4. The summed E-state index contributed by atoms with van der Waals surface area (Å²) in [7, 11) is 0. The van der Waals surface area contributed by atoms with Crippen LogP contribution < -0.4 is 5.32 Å². The Morgan fingerprint density at radius 1 is 1.48 bits per heavy atom. The van der Waals surface area contributed by atoms with Gasteiger partial charge in [0.25, 0.3) is 5.69 Å². The third-order valence-corrected chi connectivity index (χ3v) is 3.41. The molecule has 1 amide bonds. The summed E-state index contributed by atoms with van der Waals surface area (Å²) in [5.41, 5.74) is -0.702. The number of nitro benzene ring substituents is 1. The van der Waals surface area contributed by atoms with Crippen molar-refractivity contribution < 1.29 is 14.8 Å². The summed E-state index contributed by atoms with van der Waals surface area (Å²) < 4.78 is 0. The molecule has 0 aliphatic heterocycles. The van der Waals surface area contributed by atoms with Crippen molar-refractivity contribution in [1.29, 1.82) is 0 Å². The fourth-order valence-corrected chi connectivity index (χ4v) is 1.49. The van der Waals surface area contributed by atoms with E-state index in [2.05, 4.69) is 5.32 Å². The fourth-order valence-electron chi connectivity index (χ4n) is 1.49. The molecule has 1 rings (SSSR count). The zero-order chi connectivity index (χ0) is 16.0. The second-order valence-electron chi connectivity index (χ2n) is 5.38. The molecule has 0 bridgehead atoms. The van der Waals surface area contributed by atoms with Crippen LogP contribution in [0.15, 0.2) is 30.3 Å². The number of amides is 1. The Morgan fingerprint density at radius 2 is 2.10 bits per heavy atom. The zero-order valence-electron chi connectivity index (χ0n) is 12.4. The van der Waals surface area contributed by atoms with Crippen molar-refractivity contribution in [2.75, 3.05) is 6.54 Å². The molecule has 0 saturated heterocycles. The van der Waals surface area contributed by atoms with Gasteiger partial charge in [0.2, 0.25) is 5.91 Å². The molecule has 0 aromatic heterocycles. The highest BCUT2D eigenvalue weighted by molar-refractivity contribution is 5.92. The van der Waals surface area contributed by atoms with Gasteiger partial charge in [-0.25, -0.2) is 0 Å². The van der Waals surface area contributed by atoms with E-state index in [9.17, 15) is 20.0 Å².